The molecule has 13 heavy (non-hydrogen) atoms. The molecule has 0 aromatic carbocycles. The van der Waals surface area contributed by atoms with E-state index in [2.05, 4.69) is 5.32 Å². The Labute approximate surface area is 81.9 Å². The molecule has 0 bridgehead atoms. The SMILES string of the molecule is CC(NC(=O)CCN)c1ccsc1. The van der Waals surface area contributed by atoms with Crippen LogP contribution in [0.3, 0.4) is 0 Å². The van der Waals surface area contributed by atoms with Gasteiger partial charge in [-0.25, -0.2) is 0 Å². The lowest BCUT2D eigenvalue weighted by Crippen LogP contribution is -2.28. The van der Waals surface area contributed by atoms with Crippen molar-refractivity contribution in [3.05, 3.63) is 22.4 Å². The number of nitrogens with one attached hydrogen (secondary N) is 1. The average molecular weight is 198 g/mol. The van der Waals surface area contributed by atoms with E-state index >= 15 is 0 Å². The van der Waals surface area contributed by atoms with Crippen LogP contribution in [0, 0.1) is 0 Å². The van der Waals surface area contributed by atoms with E-state index in [0.29, 0.717) is 13.0 Å². The molecule has 1 rings (SSSR count). The first-order valence-electron chi connectivity index (χ1n) is 4.25. The Kier molecular flexibility index (Phi) is 3.92. The Hall–Kier alpha value is -0.870. The van der Waals surface area contributed by atoms with Gasteiger partial charge in [0.25, 0.3) is 0 Å². The molecule has 0 spiro atoms. The predicted molar refractivity (Wildman–Crippen MR) is 54.5 cm³/mol. The summed E-state index contributed by atoms with van der Waals surface area (Å²) in [4.78, 5) is 11.2. The van der Waals surface area contributed by atoms with Gasteiger partial charge in [0.2, 0.25) is 5.91 Å². The summed E-state index contributed by atoms with van der Waals surface area (Å²) >= 11 is 1.63. The van der Waals surface area contributed by atoms with E-state index in [9.17, 15) is 4.79 Å². The second kappa shape index (κ2) is 4.99. The third-order valence-corrected chi connectivity index (χ3v) is 2.49. The number of carbonyl (C=O) groups is 1. The number of carbonyl (C=O) groups excluding carboxylic acids is 1. The Morgan fingerprint density at radius 1 is 1.77 bits per heavy atom. The molecule has 1 aromatic rings. The van der Waals surface area contributed by atoms with Crippen LogP contribution in [0.2, 0.25) is 0 Å². The number of nitrogens with two attached hydrogens (primary N) is 1. The van der Waals surface area contributed by atoms with Gasteiger partial charge in [0.1, 0.15) is 0 Å². The Bertz CT molecular complexity index is 259. The fourth-order valence-electron chi connectivity index (χ4n) is 1.05. The zero-order chi connectivity index (χ0) is 9.68. The molecule has 0 aliphatic carbocycles. The van der Waals surface area contributed by atoms with Gasteiger partial charge in [0.15, 0.2) is 0 Å². The monoisotopic (exact) mass is 198 g/mol. The van der Waals surface area contributed by atoms with Gasteiger partial charge in [-0.3, -0.25) is 4.79 Å². The van der Waals surface area contributed by atoms with Crippen LogP contribution in [0.4, 0.5) is 0 Å². The van der Waals surface area contributed by atoms with Crippen molar-refractivity contribution in [1.82, 2.24) is 5.32 Å². The maximum absolute atomic E-state index is 11.2. The highest BCUT2D eigenvalue weighted by Gasteiger charge is 2.08. The number of amides is 1. The minimum absolute atomic E-state index is 0.0150. The van der Waals surface area contributed by atoms with Crippen molar-refractivity contribution in [2.75, 3.05) is 6.54 Å². The lowest BCUT2D eigenvalue weighted by atomic mass is 10.2. The first kappa shape index (κ1) is 10.2. The topological polar surface area (TPSA) is 55.1 Å². The number of rotatable bonds is 4. The lowest BCUT2D eigenvalue weighted by molar-refractivity contribution is -0.121. The third-order valence-electron chi connectivity index (χ3n) is 1.79. The molecule has 1 aromatic heterocycles. The van der Waals surface area contributed by atoms with E-state index in [1.165, 1.54) is 0 Å². The van der Waals surface area contributed by atoms with Crippen LogP contribution in [0.25, 0.3) is 0 Å². The van der Waals surface area contributed by atoms with Crippen LogP contribution < -0.4 is 11.1 Å². The molecule has 0 aliphatic heterocycles. The van der Waals surface area contributed by atoms with Gasteiger partial charge in [-0.1, -0.05) is 0 Å². The predicted octanol–water partition coefficient (Wildman–Crippen LogP) is 1.27. The van der Waals surface area contributed by atoms with Gasteiger partial charge >= 0.3 is 0 Å². The Balaban J connectivity index is 2.42. The van der Waals surface area contributed by atoms with Gasteiger partial charge in [-0.15, -0.1) is 0 Å². The molecule has 4 heteroatoms. The molecule has 1 amide bonds. The summed E-state index contributed by atoms with van der Waals surface area (Å²) in [6.45, 7) is 2.37. The van der Waals surface area contributed by atoms with Crippen LogP contribution in [0.15, 0.2) is 16.8 Å². The summed E-state index contributed by atoms with van der Waals surface area (Å²) in [6, 6.07) is 2.10. The molecule has 72 valence electrons. The van der Waals surface area contributed by atoms with E-state index < -0.39 is 0 Å². The second-order valence-corrected chi connectivity index (χ2v) is 3.66. The highest BCUT2D eigenvalue weighted by atomic mass is 32.1. The minimum atomic E-state index is 0.0150. The molecular weight excluding hydrogens is 184 g/mol. The summed E-state index contributed by atoms with van der Waals surface area (Å²) in [5, 5.41) is 6.91. The van der Waals surface area contributed by atoms with Crippen LogP contribution in [-0.2, 0) is 4.79 Å². The molecule has 0 radical (unpaired) electrons. The van der Waals surface area contributed by atoms with Crippen molar-refractivity contribution in [2.45, 2.75) is 19.4 Å². The quantitative estimate of drug-likeness (QED) is 0.765. The largest absolute Gasteiger partial charge is 0.350 e. The number of hydrogen-bond acceptors (Lipinski definition) is 3. The molecule has 0 saturated carbocycles. The van der Waals surface area contributed by atoms with E-state index in [4.69, 9.17) is 5.73 Å². The highest BCUT2D eigenvalue weighted by Crippen LogP contribution is 2.15. The summed E-state index contributed by atoms with van der Waals surface area (Å²) < 4.78 is 0. The fourth-order valence-corrected chi connectivity index (χ4v) is 1.80. The van der Waals surface area contributed by atoms with Crippen LogP contribution >= 0.6 is 11.3 Å². The van der Waals surface area contributed by atoms with Gasteiger partial charge < -0.3 is 11.1 Å². The van der Waals surface area contributed by atoms with Crippen LogP contribution in [0.5, 0.6) is 0 Å². The van der Waals surface area contributed by atoms with Crippen molar-refractivity contribution in [3.8, 4) is 0 Å². The molecule has 0 saturated heterocycles. The molecular formula is C9H14N2OS. The van der Waals surface area contributed by atoms with Gasteiger partial charge in [-0.05, 0) is 29.3 Å². The van der Waals surface area contributed by atoms with Crippen molar-refractivity contribution < 1.29 is 4.79 Å². The molecule has 0 aliphatic rings. The fraction of sp³-hybridized carbons (Fsp3) is 0.444. The summed E-state index contributed by atoms with van der Waals surface area (Å²) in [7, 11) is 0. The molecule has 3 nitrogen and oxygen atoms in total. The molecule has 1 atom stereocenters. The number of hydrogen-bond donors (Lipinski definition) is 2. The molecule has 3 N–H and O–H groups in total. The molecule has 1 unspecified atom stereocenters. The van der Waals surface area contributed by atoms with Crippen molar-refractivity contribution in [1.29, 1.82) is 0 Å². The van der Waals surface area contributed by atoms with Gasteiger partial charge in [-0.2, -0.15) is 11.3 Å². The minimum Gasteiger partial charge on any atom is -0.350 e. The standard InChI is InChI=1S/C9H14N2OS/c1-7(8-3-5-13-6-8)11-9(12)2-4-10/h3,5-7H,2,4,10H2,1H3,(H,11,12). The average Bonchev–Trinajstić information content (AvgIpc) is 2.55. The van der Waals surface area contributed by atoms with Crippen LogP contribution in [-0.4, -0.2) is 12.5 Å². The highest BCUT2D eigenvalue weighted by molar-refractivity contribution is 7.07. The Morgan fingerprint density at radius 3 is 3.08 bits per heavy atom. The van der Waals surface area contributed by atoms with Crippen molar-refractivity contribution in [3.63, 3.8) is 0 Å². The smallest absolute Gasteiger partial charge is 0.221 e. The zero-order valence-corrected chi connectivity index (χ0v) is 8.43. The molecule has 1 heterocycles. The zero-order valence-electron chi connectivity index (χ0n) is 7.62. The summed E-state index contributed by atoms with van der Waals surface area (Å²) in [5.41, 5.74) is 6.41. The van der Waals surface area contributed by atoms with Crippen molar-refractivity contribution >= 4 is 17.2 Å². The third kappa shape index (κ3) is 3.16. The van der Waals surface area contributed by atoms with Crippen molar-refractivity contribution in [2.24, 2.45) is 5.73 Å². The van der Waals surface area contributed by atoms with Crippen LogP contribution in [0.1, 0.15) is 24.9 Å². The van der Waals surface area contributed by atoms with Gasteiger partial charge in [0, 0.05) is 13.0 Å². The van der Waals surface area contributed by atoms with E-state index in [-0.39, 0.29) is 11.9 Å². The second-order valence-electron chi connectivity index (χ2n) is 2.88. The maximum Gasteiger partial charge on any atom is 0.221 e. The molecule has 0 fully saturated rings. The maximum atomic E-state index is 11.2. The first-order chi connectivity index (χ1) is 6.24. The van der Waals surface area contributed by atoms with Gasteiger partial charge in [0.05, 0.1) is 6.04 Å². The number of thiophene rings is 1. The van der Waals surface area contributed by atoms with E-state index in [1.54, 1.807) is 11.3 Å². The normalized spacial score (nSPS) is 12.5. The van der Waals surface area contributed by atoms with E-state index in [0.717, 1.165) is 5.56 Å². The first-order valence-corrected chi connectivity index (χ1v) is 5.20. The summed E-state index contributed by atoms with van der Waals surface area (Å²) in [5.74, 6) is 0.0150. The lowest BCUT2D eigenvalue weighted by Gasteiger charge is -2.11. The Morgan fingerprint density at radius 2 is 2.54 bits per heavy atom. The summed E-state index contributed by atoms with van der Waals surface area (Å²) in [6.07, 6.45) is 0.397. The van der Waals surface area contributed by atoms with E-state index in [1.807, 2.05) is 23.8 Å².